The Kier molecular flexibility index (Phi) is 9.99. The highest BCUT2D eigenvalue weighted by molar-refractivity contribution is 5.77. The normalized spacial score (nSPS) is 13.8. The SMILES string of the molecule is CC(=O)OCC(OC(C)=O)C(OC(C)=O)C(/C=N\N=C(N)N)OC(C)=O. The highest BCUT2D eigenvalue weighted by Crippen LogP contribution is 2.14. The van der Waals surface area contributed by atoms with Gasteiger partial charge in [-0.1, -0.05) is 0 Å². The van der Waals surface area contributed by atoms with Gasteiger partial charge < -0.3 is 30.4 Å². The second-order valence-corrected chi connectivity index (χ2v) is 4.89. The summed E-state index contributed by atoms with van der Waals surface area (Å²) >= 11 is 0. The summed E-state index contributed by atoms with van der Waals surface area (Å²) in [5, 5.41) is 6.85. The first-order valence-electron chi connectivity index (χ1n) is 7.30. The van der Waals surface area contributed by atoms with Crippen molar-refractivity contribution in [1.29, 1.82) is 0 Å². The van der Waals surface area contributed by atoms with Crippen LogP contribution in [0.4, 0.5) is 0 Å². The predicted octanol–water partition coefficient (Wildman–Crippen LogP) is -1.40. The summed E-state index contributed by atoms with van der Waals surface area (Å²) in [4.78, 5) is 45.2. The molecular weight excluding hydrogens is 352 g/mol. The van der Waals surface area contributed by atoms with Crippen LogP contribution in [-0.2, 0) is 38.1 Å². The average Bonchev–Trinajstić information content (AvgIpc) is 2.46. The van der Waals surface area contributed by atoms with Crippen molar-refractivity contribution in [2.45, 2.75) is 46.0 Å². The molecule has 0 amide bonds. The van der Waals surface area contributed by atoms with Crippen LogP contribution in [0.3, 0.4) is 0 Å². The fourth-order valence-electron chi connectivity index (χ4n) is 1.69. The second kappa shape index (κ2) is 11.4. The first-order valence-corrected chi connectivity index (χ1v) is 7.30. The molecule has 0 heterocycles. The number of rotatable bonds is 9. The molecule has 3 unspecified atom stereocenters. The Balaban J connectivity index is 5.77. The molecule has 0 aliphatic carbocycles. The Morgan fingerprint density at radius 2 is 1.42 bits per heavy atom. The maximum absolute atomic E-state index is 11.4. The molecule has 12 heteroatoms. The molecule has 26 heavy (non-hydrogen) atoms. The molecule has 0 aromatic rings. The van der Waals surface area contributed by atoms with Gasteiger partial charge >= 0.3 is 23.9 Å². The lowest BCUT2D eigenvalue weighted by Crippen LogP contribution is -2.48. The summed E-state index contributed by atoms with van der Waals surface area (Å²) in [7, 11) is 0. The zero-order valence-corrected chi connectivity index (χ0v) is 14.8. The van der Waals surface area contributed by atoms with Crippen molar-refractivity contribution in [2.24, 2.45) is 21.7 Å². The zero-order valence-electron chi connectivity index (χ0n) is 14.8. The molecule has 0 aromatic carbocycles. The monoisotopic (exact) mass is 374 g/mol. The number of ether oxygens (including phenoxy) is 4. The zero-order chi connectivity index (χ0) is 20.3. The van der Waals surface area contributed by atoms with Crippen LogP contribution < -0.4 is 11.5 Å². The number of carbonyl (C=O) groups excluding carboxylic acids is 4. The van der Waals surface area contributed by atoms with Crippen LogP contribution in [0, 0.1) is 0 Å². The third kappa shape index (κ3) is 10.6. The highest BCUT2D eigenvalue weighted by Gasteiger charge is 2.37. The van der Waals surface area contributed by atoms with E-state index in [1.807, 2.05) is 0 Å². The van der Waals surface area contributed by atoms with Crippen LogP contribution in [0.2, 0.25) is 0 Å². The van der Waals surface area contributed by atoms with Gasteiger partial charge in [0.2, 0.25) is 5.96 Å². The van der Waals surface area contributed by atoms with Gasteiger partial charge in [0.25, 0.3) is 0 Å². The topological polar surface area (TPSA) is 182 Å². The Hall–Kier alpha value is -3.18. The Morgan fingerprint density at radius 3 is 1.85 bits per heavy atom. The molecule has 3 atom stereocenters. The number of hydrogen-bond acceptors (Lipinski definition) is 10. The van der Waals surface area contributed by atoms with Crippen molar-refractivity contribution >= 4 is 36.1 Å². The molecule has 0 rings (SSSR count). The van der Waals surface area contributed by atoms with Gasteiger partial charge in [-0.25, -0.2) is 0 Å². The number of hydrogen-bond donors (Lipinski definition) is 2. The molecule has 0 spiro atoms. The third-order valence-electron chi connectivity index (χ3n) is 2.45. The summed E-state index contributed by atoms with van der Waals surface area (Å²) < 4.78 is 19.9. The summed E-state index contributed by atoms with van der Waals surface area (Å²) in [6, 6.07) is 0. The van der Waals surface area contributed by atoms with Crippen molar-refractivity contribution in [3.63, 3.8) is 0 Å². The first kappa shape index (κ1) is 22.8. The summed E-state index contributed by atoms with van der Waals surface area (Å²) in [5.41, 5.74) is 10.3. The molecule has 0 fully saturated rings. The molecular formula is C14H22N4O8. The molecule has 0 aliphatic rings. The largest absolute Gasteiger partial charge is 0.462 e. The van der Waals surface area contributed by atoms with Crippen LogP contribution in [0.5, 0.6) is 0 Å². The first-order chi connectivity index (χ1) is 12.0. The van der Waals surface area contributed by atoms with Crippen molar-refractivity contribution in [3.8, 4) is 0 Å². The minimum Gasteiger partial charge on any atom is -0.462 e. The Morgan fingerprint density at radius 1 is 0.885 bits per heavy atom. The van der Waals surface area contributed by atoms with Gasteiger partial charge in [-0.05, 0) is 0 Å². The molecule has 4 N–H and O–H groups in total. The van der Waals surface area contributed by atoms with E-state index in [2.05, 4.69) is 10.2 Å². The lowest BCUT2D eigenvalue weighted by atomic mass is 10.1. The fourth-order valence-corrected chi connectivity index (χ4v) is 1.69. The van der Waals surface area contributed by atoms with E-state index in [0.717, 1.165) is 33.9 Å². The molecule has 0 saturated carbocycles. The van der Waals surface area contributed by atoms with Crippen molar-refractivity contribution in [1.82, 2.24) is 0 Å². The highest BCUT2D eigenvalue weighted by atomic mass is 16.6. The fraction of sp³-hybridized carbons (Fsp3) is 0.571. The van der Waals surface area contributed by atoms with Crippen molar-refractivity contribution in [3.05, 3.63) is 0 Å². The van der Waals surface area contributed by atoms with E-state index in [-0.39, 0.29) is 5.96 Å². The summed E-state index contributed by atoms with van der Waals surface area (Å²) in [6.07, 6.45) is -3.02. The number of nitrogens with two attached hydrogens (primary N) is 2. The van der Waals surface area contributed by atoms with E-state index in [9.17, 15) is 19.2 Å². The van der Waals surface area contributed by atoms with E-state index in [1.54, 1.807) is 0 Å². The van der Waals surface area contributed by atoms with E-state index in [1.165, 1.54) is 0 Å². The summed E-state index contributed by atoms with van der Waals surface area (Å²) in [5.74, 6) is -3.31. The van der Waals surface area contributed by atoms with E-state index in [4.69, 9.17) is 30.4 Å². The maximum atomic E-state index is 11.4. The van der Waals surface area contributed by atoms with Gasteiger partial charge in [0, 0.05) is 27.7 Å². The number of guanidine groups is 1. The van der Waals surface area contributed by atoms with Gasteiger partial charge in [-0.3, -0.25) is 19.2 Å². The van der Waals surface area contributed by atoms with Crippen molar-refractivity contribution < 1.29 is 38.1 Å². The molecule has 12 nitrogen and oxygen atoms in total. The van der Waals surface area contributed by atoms with E-state index >= 15 is 0 Å². The van der Waals surface area contributed by atoms with Gasteiger partial charge in [0.05, 0.1) is 6.21 Å². The maximum Gasteiger partial charge on any atom is 0.303 e. The van der Waals surface area contributed by atoms with Crippen LogP contribution in [-0.4, -0.2) is 61.0 Å². The second-order valence-electron chi connectivity index (χ2n) is 4.89. The standard InChI is InChI=1S/C14H22N4O8/c1-7(19)23-6-12(25-9(3)21)13(26-10(4)22)11(24-8(2)20)5-17-18-14(15)16/h5,11-13H,6H2,1-4H3,(H4,15,16,18)/b17-5-. The molecule has 0 aliphatic heterocycles. The smallest absolute Gasteiger partial charge is 0.303 e. The molecule has 0 aromatic heterocycles. The predicted molar refractivity (Wildman–Crippen MR) is 87.6 cm³/mol. The molecule has 0 bridgehead atoms. The Bertz CT molecular complexity index is 585. The van der Waals surface area contributed by atoms with Crippen molar-refractivity contribution in [2.75, 3.05) is 6.61 Å². The number of carbonyl (C=O) groups is 4. The van der Waals surface area contributed by atoms with E-state index < -0.39 is 48.8 Å². The number of nitrogens with zero attached hydrogens (tertiary/aromatic N) is 2. The van der Waals surface area contributed by atoms with Crippen LogP contribution in [0.1, 0.15) is 27.7 Å². The average molecular weight is 374 g/mol. The molecule has 0 radical (unpaired) electrons. The van der Waals surface area contributed by atoms with Gasteiger partial charge in [-0.15, -0.1) is 5.10 Å². The minimum absolute atomic E-state index is 0.372. The quantitative estimate of drug-likeness (QED) is 0.160. The number of esters is 4. The lowest BCUT2D eigenvalue weighted by Gasteiger charge is -2.29. The van der Waals surface area contributed by atoms with Crippen LogP contribution >= 0.6 is 0 Å². The van der Waals surface area contributed by atoms with Gasteiger partial charge in [0.15, 0.2) is 18.3 Å². The van der Waals surface area contributed by atoms with E-state index in [0.29, 0.717) is 0 Å². The molecule has 0 saturated heterocycles. The lowest BCUT2D eigenvalue weighted by molar-refractivity contribution is -0.183. The van der Waals surface area contributed by atoms with Gasteiger partial charge in [0.1, 0.15) is 6.61 Å². The minimum atomic E-state index is -1.38. The van der Waals surface area contributed by atoms with Gasteiger partial charge in [-0.2, -0.15) is 5.10 Å². The summed E-state index contributed by atoms with van der Waals surface area (Å²) in [6.45, 7) is 3.96. The molecule has 146 valence electrons. The third-order valence-corrected chi connectivity index (χ3v) is 2.45. The Labute approximate surface area is 149 Å². The van der Waals surface area contributed by atoms with Crippen LogP contribution in [0.25, 0.3) is 0 Å². The van der Waals surface area contributed by atoms with Crippen LogP contribution in [0.15, 0.2) is 10.2 Å².